The van der Waals surface area contributed by atoms with Crippen LogP contribution in [0.2, 0.25) is 5.02 Å². The number of carbonyl (C=O) groups excluding carboxylic acids is 1. The molecule has 1 aromatic heterocycles. The summed E-state index contributed by atoms with van der Waals surface area (Å²) < 4.78 is 1.74. The van der Waals surface area contributed by atoms with Crippen LogP contribution in [0.4, 0.5) is 5.95 Å². The molecule has 4 rings (SSSR count). The number of fused-ring (bicyclic) bond motifs is 1. The number of hydrogen-bond acceptors (Lipinski definition) is 5. The van der Waals surface area contributed by atoms with Crippen molar-refractivity contribution in [2.24, 2.45) is 5.73 Å². The average Bonchev–Trinajstić information content (AvgIpc) is 3.14. The fourth-order valence-corrected chi connectivity index (χ4v) is 4.76. The van der Waals surface area contributed by atoms with Gasteiger partial charge in [-0.25, -0.2) is 4.68 Å². The highest BCUT2D eigenvalue weighted by molar-refractivity contribution is 7.98. The van der Waals surface area contributed by atoms with Crippen molar-refractivity contribution in [3.8, 4) is 0 Å². The van der Waals surface area contributed by atoms with Gasteiger partial charge >= 0.3 is 0 Å². The van der Waals surface area contributed by atoms with Crippen molar-refractivity contribution in [1.82, 2.24) is 14.8 Å². The monoisotopic (exact) mass is 453 g/mol. The van der Waals surface area contributed by atoms with Gasteiger partial charge in [-0.15, -0.1) is 5.10 Å². The van der Waals surface area contributed by atoms with Gasteiger partial charge in [-0.1, -0.05) is 79.7 Å². The molecule has 0 fully saturated rings. The number of nitrogens with zero attached hydrogens (tertiary/aromatic N) is 3. The largest absolute Gasteiger partial charge is 0.366 e. The normalized spacial score (nSPS) is 15.7. The van der Waals surface area contributed by atoms with Gasteiger partial charge in [0.05, 0.1) is 5.57 Å². The topological polar surface area (TPSA) is 85.8 Å². The molecule has 1 atom stereocenters. The van der Waals surface area contributed by atoms with E-state index in [1.165, 1.54) is 17.3 Å². The molecule has 0 aliphatic carbocycles. The predicted octanol–water partition coefficient (Wildman–Crippen LogP) is 5.12. The van der Waals surface area contributed by atoms with Gasteiger partial charge in [0.15, 0.2) is 0 Å². The average molecular weight is 454 g/mol. The van der Waals surface area contributed by atoms with Crippen LogP contribution in [-0.2, 0) is 10.5 Å². The summed E-state index contributed by atoms with van der Waals surface area (Å²) in [5, 5.41) is 9.20. The summed E-state index contributed by atoms with van der Waals surface area (Å²) in [6.07, 6.45) is 0. The molecule has 0 unspecified atom stereocenters. The van der Waals surface area contributed by atoms with Gasteiger partial charge in [-0.05, 0) is 35.6 Å². The van der Waals surface area contributed by atoms with Crippen LogP contribution < -0.4 is 11.1 Å². The van der Waals surface area contributed by atoms with Crippen molar-refractivity contribution in [1.29, 1.82) is 0 Å². The van der Waals surface area contributed by atoms with E-state index in [0.717, 1.165) is 11.1 Å². The predicted molar refractivity (Wildman–Crippen MR) is 125 cm³/mol. The number of primary amides is 1. The van der Waals surface area contributed by atoms with E-state index in [9.17, 15) is 4.79 Å². The lowest BCUT2D eigenvalue weighted by Crippen LogP contribution is -2.31. The molecular formula is C23H24ClN5OS. The third kappa shape index (κ3) is 4.34. The summed E-state index contributed by atoms with van der Waals surface area (Å²) >= 11 is 7.77. The minimum Gasteiger partial charge on any atom is -0.366 e. The van der Waals surface area contributed by atoms with Crippen LogP contribution >= 0.6 is 23.4 Å². The number of thioether (sulfide) groups is 1. The Labute approximate surface area is 190 Å². The maximum Gasteiger partial charge on any atom is 0.248 e. The van der Waals surface area contributed by atoms with E-state index in [4.69, 9.17) is 22.4 Å². The van der Waals surface area contributed by atoms with Crippen molar-refractivity contribution in [2.45, 2.75) is 43.6 Å². The maximum atomic E-state index is 12.3. The molecule has 160 valence electrons. The molecule has 1 amide bonds. The lowest BCUT2D eigenvalue weighted by molar-refractivity contribution is -0.115. The molecule has 1 aliphatic rings. The van der Waals surface area contributed by atoms with E-state index < -0.39 is 11.9 Å². The Morgan fingerprint density at radius 1 is 1.23 bits per heavy atom. The number of amides is 1. The SMILES string of the molecule is CC1=C(C(N)=O)[C@@H](c2ccc(C(C)C)cc2)n2nc(SCc3ccccc3Cl)nc2N1. The molecule has 3 aromatic rings. The third-order valence-corrected chi connectivity index (χ3v) is 6.59. The summed E-state index contributed by atoms with van der Waals surface area (Å²) in [5.74, 6) is 1.17. The van der Waals surface area contributed by atoms with Gasteiger partial charge in [0, 0.05) is 16.5 Å². The van der Waals surface area contributed by atoms with Crippen LogP contribution in [0.15, 0.2) is 65.0 Å². The standard InChI is InChI=1S/C23H24ClN5OS/c1-13(2)15-8-10-16(11-9-15)20-19(21(25)30)14(3)26-22-27-23(28-29(20)22)31-12-17-6-4-5-7-18(17)24/h4-11,13,20H,12H2,1-3H3,(H2,25,30)(H,26,27,28)/t20-/m1/s1. The summed E-state index contributed by atoms with van der Waals surface area (Å²) in [6, 6.07) is 15.5. The van der Waals surface area contributed by atoms with Crippen LogP contribution in [-0.4, -0.2) is 20.7 Å². The van der Waals surface area contributed by atoms with E-state index in [1.807, 2.05) is 43.3 Å². The van der Waals surface area contributed by atoms with Crippen LogP contribution in [0.3, 0.4) is 0 Å². The van der Waals surface area contributed by atoms with Crippen molar-refractivity contribution < 1.29 is 4.79 Å². The van der Waals surface area contributed by atoms with Gasteiger partial charge < -0.3 is 11.1 Å². The fourth-order valence-electron chi connectivity index (χ4n) is 3.64. The van der Waals surface area contributed by atoms with Crippen LogP contribution in [0.25, 0.3) is 0 Å². The number of nitrogens with two attached hydrogens (primary N) is 1. The van der Waals surface area contributed by atoms with Gasteiger partial charge in [-0.3, -0.25) is 4.79 Å². The first-order chi connectivity index (χ1) is 14.8. The van der Waals surface area contributed by atoms with Crippen molar-refractivity contribution in [3.05, 3.63) is 81.5 Å². The van der Waals surface area contributed by atoms with E-state index in [2.05, 4.69) is 36.3 Å². The molecule has 31 heavy (non-hydrogen) atoms. The summed E-state index contributed by atoms with van der Waals surface area (Å²) in [4.78, 5) is 17.0. The molecule has 2 aromatic carbocycles. The molecule has 3 N–H and O–H groups in total. The molecule has 0 bridgehead atoms. The smallest absolute Gasteiger partial charge is 0.248 e. The summed E-state index contributed by atoms with van der Waals surface area (Å²) in [5.41, 5.74) is 10.1. The molecule has 6 nitrogen and oxygen atoms in total. The number of halogens is 1. The number of nitrogens with one attached hydrogen (secondary N) is 1. The zero-order valence-corrected chi connectivity index (χ0v) is 19.2. The Morgan fingerprint density at radius 3 is 2.58 bits per heavy atom. The highest BCUT2D eigenvalue weighted by Crippen LogP contribution is 2.37. The second-order valence-electron chi connectivity index (χ2n) is 7.79. The molecule has 8 heteroatoms. The van der Waals surface area contributed by atoms with Crippen molar-refractivity contribution in [2.75, 3.05) is 5.32 Å². The zero-order chi connectivity index (χ0) is 22.1. The highest BCUT2D eigenvalue weighted by Gasteiger charge is 2.33. The first-order valence-corrected chi connectivity index (χ1v) is 11.4. The van der Waals surface area contributed by atoms with Gasteiger partial charge in [0.2, 0.25) is 17.0 Å². The zero-order valence-electron chi connectivity index (χ0n) is 17.6. The van der Waals surface area contributed by atoms with E-state index >= 15 is 0 Å². The fraction of sp³-hybridized carbons (Fsp3) is 0.261. The number of carbonyl (C=O) groups is 1. The van der Waals surface area contributed by atoms with Crippen molar-refractivity contribution >= 4 is 35.2 Å². The van der Waals surface area contributed by atoms with Crippen LogP contribution in [0.1, 0.15) is 49.4 Å². The van der Waals surface area contributed by atoms with Gasteiger partial charge in [0.1, 0.15) is 6.04 Å². The minimum absolute atomic E-state index is 0.421. The maximum absolute atomic E-state index is 12.3. The molecule has 2 heterocycles. The molecule has 0 saturated heterocycles. The second-order valence-corrected chi connectivity index (χ2v) is 9.14. The van der Waals surface area contributed by atoms with Crippen LogP contribution in [0, 0.1) is 0 Å². The molecule has 1 aliphatic heterocycles. The van der Waals surface area contributed by atoms with E-state index in [0.29, 0.717) is 39.1 Å². The Morgan fingerprint density at radius 2 is 1.94 bits per heavy atom. The second kappa shape index (κ2) is 8.77. The summed E-state index contributed by atoms with van der Waals surface area (Å²) in [6.45, 7) is 6.14. The van der Waals surface area contributed by atoms with Crippen molar-refractivity contribution in [3.63, 3.8) is 0 Å². The number of hydrogen-bond donors (Lipinski definition) is 2. The van der Waals surface area contributed by atoms with E-state index in [1.54, 1.807) is 4.68 Å². The number of benzene rings is 2. The number of rotatable bonds is 6. The molecular weight excluding hydrogens is 430 g/mol. The molecule has 0 spiro atoms. The molecule has 0 radical (unpaired) electrons. The Hall–Kier alpha value is -2.77. The first-order valence-electron chi connectivity index (χ1n) is 10.1. The Balaban J connectivity index is 1.69. The third-order valence-electron chi connectivity index (χ3n) is 5.33. The number of anilines is 1. The number of aromatic nitrogens is 3. The molecule has 0 saturated carbocycles. The van der Waals surface area contributed by atoms with Crippen LogP contribution in [0.5, 0.6) is 0 Å². The van der Waals surface area contributed by atoms with E-state index in [-0.39, 0.29) is 0 Å². The highest BCUT2D eigenvalue weighted by atomic mass is 35.5. The van der Waals surface area contributed by atoms with Gasteiger partial charge in [0.25, 0.3) is 0 Å². The lowest BCUT2D eigenvalue weighted by Gasteiger charge is -2.27. The Bertz CT molecular complexity index is 1150. The quantitative estimate of drug-likeness (QED) is 0.506. The minimum atomic E-state index is -0.477. The summed E-state index contributed by atoms with van der Waals surface area (Å²) in [7, 11) is 0. The first kappa shape index (κ1) is 21.5. The Kier molecular flexibility index (Phi) is 6.07. The number of allylic oxidation sites excluding steroid dienone is 1. The lowest BCUT2D eigenvalue weighted by atomic mass is 9.93. The van der Waals surface area contributed by atoms with Gasteiger partial charge in [-0.2, -0.15) is 4.98 Å².